The standard InChI is InChI=1S/C48H34N2/c1-32-45(46(49-31-33-15-4-2-5-16-33)36-29-27-35(28-30-36)34-17-6-3-7-18-34)39-20-8-10-22-40(39)48(32)41-23-11-13-26-44(41)50-43-25-12-9-19-37(43)38-21-14-24-42(48)47(38)50/h2-30H,31H2,1H3/b49-46-. The van der Waals surface area contributed by atoms with Crippen molar-refractivity contribution in [2.75, 3.05) is 0 Å². The SMILES string of the molecule is CC1=C(/C(=N\Cc2ccccc2)c2ccc(-c3ccccc3)cc2)c2ccccc2C12c1ccccc1-n1c3ccccc3c3cccc2c31. The van der Waals surface area contributed by atoms with Crippen molar-refractivity contribution in [3.8, 4) is 16.8 Å². The lowest BCUT2D eigenvalue weighted by molar-refractivity contribution is 0.726. The molecule has 8 aromatic rings. The van der Waals surface area contributed by atoms with Crippen molar-refractivity contribution >= 4 is 33.1 Å². The Morgan fingerprint density at radius 1 is 0.540 bits per heavy atom. The minimum Gasteiger partial charge on any atom is -0.309 e. The van der Waals surface area contributed by atoms with E-state index in [1.807, 2.05) is 0 Å². The molecule has 0 amide bonds. The van der Waals surface area contributed by atoms with Gasteiger partial charge in [0.2, 0.25) is 0 Å². The van der Waals surface area contributed by atoms with E-state index in [0.717, 1.165) is 11.3 Å². The lowest BCUT2D eigenvalue weighted by Gasteiger charge is -2.40. The molecule has 0 bridgehead atoms. The highest BCUT2D eigenvalue weighted by Gasteiger charge is 2.51. The lowest BCUT2D eigenvalue weighted by atomic mass is 9.65. The van der Waals surface area contributed by atoms with E-state index >= 15 is 0 Å². The van der Waals surface area contributed by atoms with Crippen molar-refractivity contribution in [2.24, 2.45) is 4.99 Å². The van der Waals surface area contributed by atoms with Gasteiger partial charge in [-0.3, -0.25) is 4.99 Å². The monoisotopic (exact) mass is 638 g/mol. The Labute approximate surface area is 292 Å². The van der Waals surface area contributed by atoms with Gasteiger partial charge in [-0.1, -0.05) is 164 Å². The van der Waals surface area contributed by atoms with Gasteiger partial charge in [0.15, 0.2) is 0 Å². The fraction of sp³-hybridized carbons (Fsp3) is 0.0625. The van der Waals surface area contributed by atoms with E-state index in [1.54, 1.807) is 0 Å². The molecular weight excluding hydrogens is 605 g/mol. The van der Waals surface area contributed by atoms with E-state index in [1.165, 1.54) is 77.6 Å². The molecule has 0 N–H and O–H groups in total. The Bertz CT molecular complexity index is 2660. The molecule has 1 atom stereocenters. The number of aromatic nitrogens is 1. The zero-order valence-electron chi connectivity index (χ0n) is 27.8. The van der Waals surface area contributed by atoms with Crippen molar-refractivity contribution in [3.63, 3.8) is 0 Å². The van der Waals surface area contributed by atoms with Crippen LogP contribution in [0.15, 0.2) is 186 Å². The van der Waals surface area contributed by atoms with Crippen LogP contribution in [0.5, 0.6) is 0 Å². The Balaban J connectivity index is 1.28. The lowest BCUT2D eigenvalue weighted by Crippen LogP contribution is -2.33. The molecule has 1 unspecified atom stereocenters. The van der Waals surface area contributed by atoms with Gasteiger partial charge in [-0.25, -0.2) is 0 Å². The molecule has 2 heterocycles. The molecule has 1 aliphatic heterocycles. The molecule has 2 aliphatic rings. The van der Waals surface area contributed by atoms with Gasteiger partial charge in [-0.05, 0) is 63.6 Å². The number of benzene rings is 7. The van der Waals surface area contributed by atoms with Crippen LogP contribution in [0.2, 0.25) is 0 Å². The predicted octanol–water partition coefficient (Wildman–Crippen LogP) is 11.6. The number of fused-ring (bicyclic) bond motifs is 9. The van der Waals surface area contributed by atoms with Crippen LogP contribution in [0.3, 0.4) is 0 Å². The number of hydrogen-bond acceptors (Lipinski definition) is 1. The Hall–Kier alpha value is -6.25. The first-order valence-electron chi connectivity index (χ1n) is 17.4. The second kappa shape index (κ2) is 11.1. The van der Waals surface area contributed by atoms with Crippen molar-refractivity contribution in [3.05, 3.63) is 215 Å². The molecule has 2 heteroatoms. The minimum atomic E-state index is -0.482. The molecular formula is C48H34N2. The smallest absolute Gasteiger partial charge is 0.0729 e. The van der Waals surface area contributed by atoms with Crippen LogP contribution in [-0.4, -0.2) is 10.3 Å². The molecule has 7 aromatic carbocycles. The van der Waals surface area contributed by atoms with Gasteiger partial charge in [0.1, 0.15) is 0 Å². The number of para-hydroxylation sites is 3. The summed E-state index contributed by atoms with van der Waals surface area (Å²) in [4.78, 5) is 5.51. The summed E-state index contributed by atoms with van der Waals surface area (Å²) in [5.41, 5.74) is 16.8. The molecule has 10 rings (SSSR count). The highest BCUT2D eigenvalue weighted by molar-refractivity contribution is 6.34. The largest absolute Gasteiger partial charge is 0.309 e. The third-order valence-corrected chi connectivity index (χ3v) is 11.0. The highest BCUT2D eigenvalue weighted by atomic mass is 15.0. The first-order valence-corrected chi connectivity index (χ1v) is 17.4. The summed E-state index contributed by atoms with van der Waals surface area (Å²) in [5.74, 6) is 0. The van der Waals surface area contributed by atoms with Crippen LogP contribution in [0.25, 0.3) is 44.2 Å². The van der Waals surface area contributed by atoms with Gasteiger partial charge < -0.3 is 4.57 Å². The molecule has 0 fully saturated rings. The van der Waals surface area contributed by atoms with Crippen LogP contribution in [0.4, 0.5) is 0 Å². The summed E-state index contributed by atoms with van der Waals surface area (Å²) < 4.78 is 2.50. The van der Waals surface area contributed by atoms with Crippen LogP contribution in [-0.2, 0) is 12.0 Å². The summed E-state index contributed by atoms with van der Waals surface area (Å²) in [6.07, 6.45) is 0. The van der Waals surface area contributed by atoms with Gasteiger partial charge in [0, 0.05) is 21.9 Å². The quantitative estimate of drug-likeness (QED) is 0.167. The normalized spacial score (nSPS) is 16.3. The van der Waals surface area contributed by atoms with Crippen molar-refractivity contribution in [1.82, 2.24) is 4.57 Å². The summed E-state index contributed by atoms with van der Waals surface area (Å²) >= 11 is 0. The van der Waals surface area contributed by atoms with E-state index in [-0.39, 0.29) is 0 Å². The first-order chi connectivity index (χ1) is 24.7. The molecule has 50 heavy (non-hydrogen) atoms. The van der Waals surface area contributed by atoms with E-state index in [2.05, 4.69) is 187 Å². The maximum atomic E-state index is 5.51. The van der Waals surface area contributed by atoms with Crippen LogP contribution < -0.4 is 0 Å². The van der Waals surface area contributed by atoms with Gasteiger partial charge in [-0.2, -0.15) is 0 Å². The molecule has 1 aliphatic carbocycles. The summed E-state index contributed by atoms with van der Waals surface area (Å²) in [5, 5.41) is 2.58. The molecule has 2 nitrogen and oxygen atoms in total. The molecule has 0 saturated carbocycles. The summed E-state index contributed by atoms with van der Waals surface area (Å²) in [6, 6.07) is 64.1. The number of allylic oxidation sites excluding steroid dienone is 2. The summed E-state index contributed by atoms with van der Waals surface area (Å²) in [6.45, 7) is 2.96. The summed E-state index contributed by atoms with van der Waals surface area (Å²) in [7, 11) is 0. The van der Waals surface area contributed by atoms with E-state index in [9.17, 15) is 0 Å². The first kappa shape index (κ1) is 28.7. The van der Waals surface area contributed by atoms with Gasteiger partial charge >= 0.3 is 0 Å². The predicted molar refractivity (Wildman–Crippen MR) is 208 cm³/mol. The number of aliphatic imine (C=N–C) groups is 1. The number of nitrogens with zero attached hydrogens (tertiary/aromatic N) is 2. The second-order valence-electron chi connectivity index (χ2n) is 13.5. The Morgan fingerprint density at radius 2 is 1.16 bits per heavy atom. The number of hydrogen-bond donors (Lipinski definition) is 0. The molecule has 0 saturated heterocycles. The zero-order valence-corrected chi connectivity index (χ0v) is 27.8. The fourth-order valence-corrected chi connectivity index (χ4v) is 8.84. The average Bonchev–Trinajstić information content (AvgIpc) is 3.66. The molecule has 1 spiro atoms. The van der Waals surface area contributed by atoms with Crippen LogP contribution >= 0.6 is 0 Å². The van der Waals surface area contributed by atoms with E-state index in [4.69, 9.17) is 4.99 Å². The second-order valence-corrected chi connectivity index (χ2v) is 13.5. The molecule has 236 valence electrons. The van der Waals surface area contributed by atoms with Crippen molar-refractivity contribution in [2.45, 2.75) is 18.9 Å². The van der Waals surface area contributed by atoms with Crippen molar-refractivity contribution in [1.29, 1.82) is 0 Å². The number of rotatable bonds is 5. The third kappa shape index (κ3) is 3.99. The van der Waals surface area contributed by atoms with E-state index < -0.39 is 5.41 Å². The topological polar surface area (TPSA) is 17.3 Å². The molecule has 0 radical (unpaired) electrons. The maximum Gasteiger partial charge on any atom is 0.0729 e. The third-order valence-electron chi connectivity index (χ3n) is 11.0. The van der Waals surface area contributed by atoms with E-state index in [0.29, 0.717) is 6.54 Å². The van der Waals surface area contributed by atoms with Crippen LogP contribution in [0.1, 0.15) is 40.3 Å². The Morgan fingerprint density at radius 3 is 1.98 bits per heavy atom. The minimum absolute atomic E-state index is 0.482. The van der Waals surface area contributed by atoms with Crippen molar-refractivity contribution < 1.29 is 0 Å². The zero-order chi connectivity index (χ0) is 33.2. The van der Waals surface area contributed by atoms with Gasteiger partial charge in [0.05, 0.1) is 34.4 Å². The average molecular weight is 639 g/mol. The fourth-order valence-electron chi connectivity index (χ4n) is 8.84. The van der Waals surface area contributed by atoms with Crippen LogP contribution in [0, 0.1) is 0 Å². The maximum absolute atomic E-state index is 5.51. The highest BCUT2D eigenvalue weighted by Crippen LogP contribution is 2.60. The Kier molecular flexibility index (Phi) is 6.41. The van der Waals surface area contributed by atoms with Gasteiger partial charge in [0.25, 0.3) is 0 Å². The van der Waals surface area contributed by atoms with Gasteiger partial charge in [-0.15, -0.1) is 0 Å². The molecule has 1 aromatic heterocycles.